The fourth-order valence-electron chi connectivity index (χ4n) is 6.00. The van der Waals surface area contributed by atoms with Crippen LogP contribution in [0, 0.1) is 17.8 Å². The summed E-state index contributed by atoms with van der Waals surface area (Å²) in [5.41, 5.74) is 6.62. The maximum absolute atomic E-state index is 6.62. The Bertz CT molecular complexity index is 422. The Hall–Kier alpha value is 0.0900. The fraction of sp³-hybridized carbons (Fsp3) is 1.00. The molecule has 0 aromatic rings. The molecule has 2 heterocycles. The molecular weight excluding hydrogens is 322 g/mol. The van der Waals surface area contributed by atoms with Crippen LogP contribution in [0.4, 0.5) is 0 Å². The zero-order valence-electron chi connectivity index (χ0n) is 14.8. The Morgan fingerprint density at radius 3 is 2.42 bits per heavy atom. The number of nitrogens with two attached hydrogens (primary N) is 2. The Balaban J connectivity index is 1.53. The first kappa shape index (κ1) is 17.5. The second-order valence-corrected chi connectivity index (χ2v) is 9.29. The summed E-state index contributed by atoms with van der Waals surface area (Å²) in [7, 11) is 0. The van der Waals surface area contributed by atoms with Crippen molar-refractivity contribution in [3.8, 4) is 0 Å². The van der Waals surface area contributed by atoms with Gasteiger partial charge in [0.2, 0.25) is 0 Å². The maximum Gasteiger partial charge on any atom is 0.163 e. The van der Waals surface area contributed by atoms with E-state index in [4.69, 9.17) is 23.2 Å². The van der Waals surface area contributed by atoms with Crippen molar-refractivity contribution in [2.45, 2.75) is 81.5 Å². The number of hydrogen-bond acceptors (Lipinski definition) is 4. The first-order valence-corrected chi connectivity index (χ1v) is 10.6. The Morgan fingerprint density at radius 1 is 1.00 bits per heavy atom. The van der Waals surface area contributed by atoms with Gasteiger partial charge in [0.05, 0.1) is 12.1 Å². The molecular formula is C18H35ClN5+. The summed E-state index contributed by atoms with van der Waals surface area (Å²) in [6.45, 7) is 2.00. The molecule has 2 saturated carbocycles. The summed E-state index contributed by atoms with van der Waals surface area (Å²) in [5, 5.41) is 5.09. The molecule has 0 aromatic carbocycles. The molecule has 5 atom stereocenters. The number of alkyl halides is 1. The van der Waals surface area contributed by atoms with Crippen LogP contribution in [0.2, 0.25) is 0 Å². The third-order valence-corrected chi connectivity index (χ3v) is 7.78. The number of halogens is 1. The monoisotopic (exact) mass is 356 g/mol. The first-order chi connectivity index (χ1) is 11.6. The van der Waals surface area contributed by atoms with Crippen LogP contribution in [0.25, 0.3) is 0 Å². The lowest BCUT2D eigenvalue weighted by molar-refractivity contribution is -0.951. The summed E-state index contributed by atoms with van der Waals surface area (Å²) in [5.74, 6) is 8.21. The van der Waals surface area contributed by atoms with Gasteiger partial charge >= 0.3 is 0 Å². The highest BCUT2D eigenvalue weighted by atomic mass is 35.5. The van der Waals surface area contributed by atoms with Gasteiger partial charge in [0.25, 0.3) is 0 Å². The van der Waals surface area contributed by atoms with E-state index in [-0.39, 0.29) is 6.17 Å². The van der Waals surface area contributed by atoms with Crippen molar-refractivity contribution in [1.29, 1.82) is 0 Å². The minimum atomic E-state index is 0.0589. The molecule has 0 spiro atoms. The molecule has 0 bridgehead atoms. The molecule has 0 radical (unpaired) electrons. The van der Waals surface area contributed by atoms with Crippen molar-refractivity contribution in [2.75, 3.05) is 13.2 Å². The molecule has 5 nitrogen and oxygen atoms in total. The molecule has 24 heavy (non-hydrogen) atoms. The molecule has 4 rings (SSSR count). The van der Waals surface area contributed by atoms with Crippen LogP contribution in [-0.2, 0) is 0 Å². The molecule has 0 aromatic heterocycles. The van der Waals surface area contributed by atoms with Gasteiger partial charge in [-0.2, -0.15) is 5.84 Å². The molecule has 4 aliphatic rings. The van der Waals surface area contributed by atoms with Gasteiger partial charge in [-0.25, -0.2) is 5.01 Å². The third kappa shape index (κ3) is 3.24. The third-order valence-electron chi connectivity index (χ3n) is 7.35. The number of nitrogens with one attached hydrogen (secondary N) is 2. The molecule has 6 heteroatoms. The zero-order valence-corrected chi connectivity index (χ0v) is 15.6. The number of fused-ring (bicyclic) bond motifs is 1. The van der Waals surface area contributed by atoms with Crippen molar-refractivity contribution in [3.05, 3.63) is 0 Å². The lowest BCUT2D eigenvalue weighted by atomic mass is 9.73. The lowest BCUT2D eigenvalue weighted by Crippen LogP contribution is -3.26. The highest BCUT2D eigenvalue weighted by molar-refractivity contribution is 6.20. The van der Waals surface area contributed by atoms with Crippen molar-refractivity contribution in [2.24, 2.45) is 29.3 Å². The average Bonchev–Trinajstić information content (AvgIpc) is 3.00. The summed E-state index contributed by atoms with van der Waals surface area (Å²) < 4.78 is 0. The van der Waals surface area contributed by atoms with Crippen LogP contribution in [0.1, 0.15) is 57.8 Å². The number of quaternary nitrogens is 1. The Kier molecular flexibility index (Phi) is 5.38. The van der Waals surface area contributed by atoms with Gasteiger partial charge in [-0.3, -0.25) is 16.0 Å². The van der Waals surface area contributed by atoms with Crippen LogP contribution >= 0.6 is 11.6 Å². The molecule has 4 fully saturated rings. The van der Waals surface area contributed by atoms with Gasteiger partial charge in [0.15, 0.2) is 12.8 Å². The molecule has 0 amide bonds. The molecule has 6 N–H and O–H groups in total. The molecule has 2 saturated heterocycles. The topological polar surface area (TPSA) is 71.8 Å². The molecule has 2 aliphatic heterocycles. The van der Waals surface area contributed by atoms with Crippen molar-refractivity contribution < 1.29 is 5.01 Å². The SMILES string of the molecule is NC1C2C(C3CCC(Cl)CC3)CN(C3CCCCC3)C2NC[NH+]1N. The maximum atomic E-state index is 6.62. The lowest BCUT2D eigenvalue weighted by Gasteiger charge is -2.43. The van der Waals surface area contributed by atoms with Crippen LogP contribution < -0.4 is 21.9 Å². The minimum absolute atomic E-state index is 0.0589. The number of hydrogen-bond donors (Lipinski definition) is 4. The predicted molar refractivity (Wildman–Crippen MR) is 97.1 cm³/mol. The quantitative estimate of drug-likeness (QED) is 0.432. The van der Waals surface area contributed by atoms with E-state index in [2.05, 4.69) is 10.2 Å². The smallest absolute Gasteiger partial charge is 0.163 e. The predicted octanol–water partition coefficient (Wildman–Crippen LogP) is 0.595. The average molecular weight is 357 g/mol. The van der Waals surface area contributed by atoms with Gasteiger partial charge in [-0.15, -0.1) is 11.6 Å². The highest BCUT2D eigenvalue weighted by Crippen LogP contribution is 2.44. The van der Waals surface area contributed by atoms with Crippen LogP contribution in [0.3, 0.4) is 0 Å². The first-order valence-electron chi connectivity index (χ1n) is 10.1. The zero-order chi connectivity index (χ0) is 16.7. The van der Waals surface area contributed by atoms with E-state index in [0.29, 0.717) is 23.4 Å². The number of likely N-dealkylation sites (tertiary alicyclic amines) is 1. The highest BCUT2D eigenvalue weighted by Gasteiger charge is 2.54. The van der Waals surface area contributed by atoms with E-state index < -0.39 is 0 Å². The minimum Gasteiger partial charge on any atom is -0.284 e. The van der Waals surface area contributed by atoms with Crippen molar-refractivity contribution >= 4 is 11.6 Å². The summed E-state index contributed by atoms with van der Waals surface area (Å²) in [4.78, 5) is 2.79. The van der Waals surface area contributed by atoms with E-state index in [0.717, 1.165) is 23.6 Å². The van der Waals surface area contributed by atoms with E-state index in [1.165, 1.54) is 64.3 Å². The largest absolute Gasteiger partial charge is 0.284 e. The van der Waals surface area contributed by atoms with Crippen LogP contribution in [0.5, 0.6) is 0 Å². The number of nitrogens with zero attached hydrogens (tertiary/aromatic N) is 1. The van der Waals surface area contributed by atoms with E-state index in [9.17, 15) is 0 Å². The van der Waals surface area contributed by atoms with Crippen molar-refractivity contribution in [3.63, 3.8) is 0 Å². The van der Waals surface area contributed by atoms with E-state index in [1.807, 2.05) is 0 Å². The Morgan fingerprint density at radius 2 is 1.71 bits per heavy atom. The second kappa shape index (κ2) is 7.37. The second-order valence-electron chi connectivity index (χ2n) is 8.67. The van der Waals surface area contributed by atoms with Gasteiger partial charge in [-0.05, 0) is 50.4 Å². The normalized spacial score (nSPS) is 48.4. The van der Waals surface area contributed by atoms with Gasteiger partial charge in [-0.1, -0.05) is 19.3 Å². The Labute approximate surface area is 151 Å². The van der Waals surface area contributed by atoms with Gasteiger partial charge < -0.3 is 0 Å². The van der Waals surface area contributed by atoms with E-state index >= 15 is 0 Å². The standard InChI is InChI=1S/C18H34ClN5/c19-13-8-6-12(7-9-13)15-10-23(14-4-2-1-3-5-14)18-16(15)17(20)24(21)11-22-18/h12-18,22H,1-11,20-21H2/p+1. The van der Waals surface area contributed by atoms with Gasteiger partial charge in [0.1, 0.15) is 0 Å². The summed E-state index contributed by atoms with van der Waals surface area (Å²) in [6, 6.07) is 0.750. The fourth-order valence-corrected chi connectivity index (χ4v) is 6.25. The molecule has 5 unspecified atom stereocenters. The van der Waals surface area contributed by atoms with E-state index in [1.54, 1.807) is 0 Å². The van der Waals surface area contributed by atoms with Gasteiger partial charge in [0, 0.05) is 18.0 Å². The summed E-state index contributed by atoms with van der Waals surface area (Å²) >= 11 is 6.36. The van der Waals surface area contributed by atoms with Crippen molar-refractivity contribution in [1.82, 2.24) is 10.2 Å². The van der Waals surface area contributed by atoms with Crippen LogP contribution in [-0.4, -0.2) is 41.9 Å². The molecule has 138 valence electrons. The number of rotatable bonds is 2. The summed E-state index contributed by atoms with van der Waals surface area (Å²) in [6.07, 6.45) is 12.3. The molecule has 2 aliphatic carbocycles. The van der Waals surface area contributed by atoms with Crippen LogP contribution in [0.15, 0.2) is 0 Å².